The molecule has 1 aromatic carbocycles. The summed E-state index contributed by atoms with van der Waals surface area (Å²) in [5.41, 5.74) is 0.0985. The summed E-state index contributed by atoms with van der Waals surface area (Å²) in [4.78, 5) is 7.83. The summed E-state index contributed by atoms with van der Waals surface area (Å²) in [6.07, 6.45) is 4.12. The zero-order valence-corrected chi connectivity index (χ0v) is 9.84. The molecule has 96 valence electrons. The number of hydrogen-bond acceptors (Lipinski definition) is 4. The fourth-order valence-electron chi connectivity index (χ4n) is 1.79. The summed E-state index contributed by atoms with van der Waals surface area (Å²) in [5, 5.41) is 3.87. The van der Waals surface area contributed by atoms with Crippen LogP contribution in [0.15, 0.2) is 30.9 Å². The summed E-state index contributed by atoms with van der Waals surface area (Å²) in [6.45, 7) is 0. The average Bonchev–Trinajstić information content (AvgIpc) is 2.85. The molecule has 0 spiro atoms. The Bertz CT molecular complexity index is 733. The molecule has 0 aliphatic rings. The largest absolute Gasteiger partial charge is 0.497 e. The molecule has 0 saturated heterocycles. The highest BCUT2D eigenvalue weighted by atomic mass is 19.1. The lowest BCUT2D eigenvalue weighted by atomic mass is 10.1. The second-order valence-electron chi connectivity index (χ2n) is 3.81. The van der Waals surface area contributed by atoms with E-state index in [2.05, 4.69) is 15.1 Å². The smallest absolute Gasteiger partial charge is 0.252 e. The highest BCUT2D eigenvalue weighted by Gasteiger charge is 2.15. The Morgan fingerprint density at radius 2 is 1.89 bits per heavy atom. The zero-order valence-electron chi connectivity index (χ0n) is 9.84. The number of rotatable bonds is 2. The molecule has 0 atom stereocenters. The lowest BCUT2D eigenvalue weighted by molar-refractivity contribution is 0.407. The third-order valence-electron chi connectivity index (χ3n) is 2.67. The summed E-state index contributed by atoms with van der Waals surface area (Å²) in [7, 11) is 1.34. The molecule has 0 aliphatic heterocycles. The van der Waals surface area contributed by atoms with Crippen LogP contribution in [0.1, 0.15) is 0 Å². The van der Waals surface area contributed by atoms with E-state index >= 15 is 0 Å². The van der Waals surface area contributed by atoms with Crippen molar-refractivity contribution in [2.75, 3.05) is 7.11 Å². The van der Waals surface area contributed by atoms with Gasteiger partial charge < -0.3 is 4.74 Å². The molecule has 0 N–H and O–H groups in total. The first kappa shape index (κ1) is 11.5. The molecule has 2 aromatic heterocycles. The molecular formula is C12H8F2N4O. The molecule has 7 heteroatoms. The number of halogens is 2. The van der Waals surface area contributed by atoms with Gasteiger partial charge in [0.2, 0.25) is 0 Å². The summed E-state index contributed by atoms with van der Waals surface area (Å²) < 4.78 is 34.0. The molecule has 5 nitrogen and oxygen atoms in total. The molecule has 0 unspecified atom stereocenters. The summed E-state index contributed by atoms with van der Waals surface area (Å²) in [6, 6.07) is 2.23. The predicted octanol–water partition coefficient (Wildman–Crippen LogP) is 2.08. The van der Waals surface area contributed by atoms with Gasteiger partial charge in [0.05, 0.1) is 12.7 Å². The number of aromatic nitrogens is 4. The third kappa shape index (κ3) is 1.88. The van der Waals surface area contributed by atoms with E-state index in [1.807, 2.05) is 0 Å². The molecule has 2 heterocycles. The molecule has 3 rings (SSSR count). The van der Waals surface area contributed by atoms with Crippen LogP contribution in [0.5, 0.6) is 5.75 Å². The normalized spacial score (nSPS) is 10.9. The van der Waals surface area contributed by atoms with Gasteiger partial charge in [-0.25, -0.2) is 18.3 Å². The molecule has 3 aromatic rings. The zero-order chi connectivity index (χ0) is 13.4. The monoisotopic (exact) mass is 262 g/mol. The number of nitrogens with zero attached hydrogens (tertiary/aromatic N) is 4. The van der Waals surface area contributed by atoms with E-state index in [0.717, 1.165) is 12.1 Å². The molecule has 0 bridgehead atoms. The summed E-state index contributed by atoms with van der Waals surface area (Å²) >= 11 is 0. The van der Waals surface area contributed by atoms with Gasteiger partial charge in [-0.15, -0.1) is 0 Å². The minimum atomic E-state index is -0.724. The number of hydrogen-bond donors (Lipinski definition) is 0. The van der Waals surface area contributed by atoms with Gasteiger partial charge >= 0.3 is 0 Å². The molecule has 0 aliphatic carbocycles. The van der Waals surface area contributed by atoms with E-state index in [1.165, 1.54) is 30.3 Å². The lowest BCUT2D eigenvalue weighted by Gasteiger charge is -2.07. The quantitative estimate of drug-likeness (QED) is 0.709. The van der Waals surface area contributed by atoms with Gasteiger partial charge in [-0.05, 0) is 0 Å². The highest BCUT2D eigenvalue weighted by molar-refractivity contribution is 5.65. The Morgan fingerprint density at radius 3 is 2.58 bits per heavy atom. The highest BCUT2D eigenvalue weighted by Crippen LogP contribution is 2.29. The van der Waals surface area contributed by atoms with E-state index in [-0.39, 0.29) is 16.9 Å². The molecule has 0 amide bonds. The van der Waals surface area contributed by atoms with Crippen LogP contribution in [0.25, 0.3) is 16.9 Å². The van der Waals surface area contributed by atoms with Crippen LogP contribution in [-0.2, 0) is 0 Å². The van der Waals surface area contributed by atoms with Crippen LogP contribution >= 0.6 is 0 Å². The molecule has 19 heavy (non-hydrogen) atoms. The van der Waals surface area contributed by atoms with Gasteiger partial charge in [-0.2, -0.15) is 10.1 Å². The van der Waals surface area contributed by atoms with Crippen molar-refractivity contribution in [1.82, 2.24) is 19.6 Å². The van der Waals surface area contributed by atoms with Crippen molar-refractivity contribution in [1.29, 1.82) is 0 Å². The number of fused-ring (bicyclic) bond motifs is 1. The molecule has 0 saturated carbocycles. The van der Waals surface area contributed by atoms with Crippen molar-refractivity contribution in [3.05, 3.63) is 42.5 Å². The Balaban J connectivity index is 2.20. The van der Waals surface area contributed by atoms with Crippen LogP contribution < -0.4 is 4.74 Å². The summed E-state index contributed by atoms with van der Waals surface area (Å²) in [5.74, 6) is -0.970. The van der Waals surface area contributed by atoms with Crippen molar-refractivity contribution in [2.24, 2.45) is 0 Å². The van der Waals surface area contributed by atoms with Crippen LogP contribution in [0.2, 0.25) is 0 Å². The minimum Gasteiger partial charge on any atom is -0.497 e. The van der Waals surface area contributed by atoms with Crippen molar-refractivity contribution < 1.29 is 13.5 Å². The van der Waals surface area contributed by atoms with Gasteiger partial charge in [0.1, 0.15) is 23.7 Å². The van der Waals surface area contributed by atoms with Crippen molar-refractivity contribution in [2.45, 2.75) is 0 Å². The van der Waals surface area contributed by atoms with Crippen molar-refractivity contribution in [3.63, 3.8) is 0 Å². The van der Waals surface area contributed by atoms with Crippen LogP contribution in [-0.4, -0.2) is 26.7 Å². The SMILES string of the molecule is COc1cc(F)c(-c2cnc3ncnn3c2)c(F)c1. The van der Waals surface area contributed by atoms with Gasteiger partial charge in [0, 0.05) is 30.1 Å². The van der Waals surface area contributed by atoms with Gasteiger partial charge in [0.25, 0.3) is 5.78 Å². The maximum absolute atomic E-state index is 13.9. The fourth-order valence-corrected chi connectivity index (χ4v) is 1.79. The van der Waals surface area contributed by atoms with E-state index < -0.39 is 11.6 Å². The number of ether oxygens (including phenoxy) is 1. The van der Waals surface area contributed by atoms with E-state index in [1.54, 1.807) is 0 Å². The molecule has 0 fully saturated rings. The third-order valence-corrected chi connectivity index (χ3v) is 2.67. The average molecular weight is 262 g/mol. The maximum Gasteiger partial charge on any atom is 0.252 e. The first-order valence-electron chi connectivity index (χ1n) is 5.38. The number of methoxy groups -OCH3 is 1. The Kier molecular flexibility index (Phi) is 2.59. The Hall–Kier alpha value is -2.57. The Morgan fingerprint density at radius 1 is 1.16 bits per heavy atom. The van der Waals surface area contributed by atoms with Crippen molar-refractivity contribution >= 4 is 5.78 Å². The fraction of sp³-hybridized carbons (Fsp3) is 0.0833. The first-order chi connectivity index (χ1) is 9.19. The lowest BCUT2D eigenvalue weighted by Crippen LogP contribution is -1.97. The van der Waals surface area contributed by atoms with E-state index in [0.29, 0.717) is 5.78 Å². The second-order valence-corrected chi connectivity index (χ2v) is 3.81. The molecular weight excluding hydrogens is 254 g/mol. The van der Waals surface area contributed by atoms with Crippen LogP contribution in [0, 0.1) is 11.6 Å². The number of benzene rings is 1. The van der Waals surface area contributed by atoms with Crippen LogP contribution in [0.3, 0.4) is 0 Å². The van der Waals surface area contributed by atoms with Gasteiger partial charge in [0.15, 0.2) is 0 Å². The van der Waals surface area contributed by atoms with Gasteiger partial charge in [-0.3, -0.25) is 0 Å². The predicted molar refractivity (Wildman–Crippen MR) is 62.7 cm³/mol. The van der Waals surface area contributed by atoms with Crippen molar-refractivity contribution in [3.8, 4) is 16.9 Å². The van der Waals surface area contributed by atoms with E-state index in [4.69, 9.17) is 4.74 Å². The van der Waals surface area contributed by atoms with E-state index in [9.17, 15) is 8.78 Å². The Labute approximate surface area is 106 Å². The second kappa shape index (κ2) is 4.27. The minimum absolute atomic E-state index is 0.119. The maximum atomic E-state index is 13.9. The van der Waals surface area contributed by atoms with Gasteiger partial charge in [-0.1, -0.05) is 0 Å². The first-order valence-corrected chi connectivity index (χ1v) is 5.38. The standard InChI is InChI=1S/C12H8F2N4O/c1-19-8-2-9(13)11(10(14)3-8)7-4-15-12-16-6-17-18(12)5-7/h2-6H,1H3. The topological polar surface area (TPSA) is 52.3 Å². The molecule has 0 radical (unpaired) electrons. The van der Waals surface area contributed by atoms with Crippen LogP contribution in [0.4, 0.5) is 8.78 Å².